The fourth-order valence-corrected chi connectivity index (χ4v) is 3.58. The van der Waals surface area contributed by atoms with Crippen LogP contribution in [0.5, 0.6) is 0 Å². The van der Waals surface area contributed by atoms with E-state index >= 15 is 0 Å². The summed E-state index contributed by atoms with van der Waals surface area (Å²) < 4.78 is 5.32. The summed E-state index contributed by atoms with van der Waals surface area (Å²) >= 11 is 1.41. The number of hydrogen-bond acceptors (Lipinski definition) is 5. The topological polar surface area (TPSA) is 75.4 Å². The standard InChI is InChI=1S/C19H20N2O3S/c1-11-7-12(2)9-14(8-11)15(22)10-20-18(23)17-13(3)25-19(21-17)16-5-4-6-24-16/h4-9,15,22H,10H2,1-3H3,(H,20,23)/t15-/m1/s1. The van der Waals surface area contributed by atoms with Crippen LogP contribution in [0, 0.1) is 20.8 Å². The molecule has 0 fully saturated rings. The molecule has 2 heterocycles. The Hall–Kier alpha value is -2.44. The Bertz CT molecular complexity index is 864. The molecule has 0 unspecified atom stereocenters. The lowest BCUT2D eigenvalue weighted by atomic mass is 10.0. The summed E-state index contributed by atoms with van der Waals surface area (Å²) in [6.45, 7) is 5.95. The van der Waals surface area contributed by atoms with Crippen LogP contribution in [0.3, 0.4) is 0 Å². The van der Waals surface area contributed by atoms with Crippen LogP contribution in [0.15, 0.2) is 41.0 Å². The number of aliphatic hydroxyl groups excluding tert-OH is 1. The van der Waals surface area contributed by atoms with Gasteiger partial charge < -0.3 is 14.8 Å². The number of nitrogens with zero attached hydrogens (tertiary/aromatic N) is 1. The zero-order valence-corrected chi connectivity index (χ0v) is 15.2. The Balaban J connectivity index is 1.68. The minimum atomic E-state index is -0.758. The number of aryl methyl sites for hydroxylation is 3. The number of benzene rings is 1. The number of amides is 1. The predicted octanol–water partition coefficient (Wildman–Crippen LogP) is 3.79. The molecule has 0 spiro atoms. The maximum absolute atomic E-state index is 12.4. The smallest absolute Gasteiger partial charge is 0.271 e. The van der Waals surface area contributed by atoms with Gasteiger partial charge in [0.1, 0.15) is 5.69 Å². The number of aromatic nitrogens is 1. The Morgan fingerprint density at radius 3 is 2.64 bits per heavy atom. The highest BCUT2D eigenvalue weighted by molar-refractivity contribution is 7.15. The van der Waals surface area contributed by atoms with Crippen LogP contribution in [0.25, 0.3) is 10.8 Å². The Labute approximate surface area is 150 Å². The summed E-state index contributed by atoms with van der Waals surface area (Å²) in [4.78, 5) is 17.6. The molecule has 0 aliphatic rings. The van der Waals surface area contributed by atoms with Gasteiger partial charge in [0.25, 0.3) is 5.91 Å². The van der Waals surface area contributed by atoms with Crippen molar-refractivity contribution in [3.05, 3.63) is 63.9 Å². The minimum absolute atomic E-state index is 0.134. The number of rotatable bonds is 5. The van der Waals surface area contributed by atoms with Gasteiger partial charge in [0.2, 0.25) is 0 Å². The zero-order valence-electron chi connectivity index (χ0n) is 14.4. The fraction of sp³-hybridized carbons (Fsp3) is 0.263. The molecule has 3 aromatic rings. The monoisotopic (exact) mass is 356 g/mol. The first kappa shape index (κ1) is 17.4. The number of carbonyl (C=O) groups excluding carboxylic acids is 1. The second-order valence-corrected chi connectivity index (χ2v) is 7.25. The van der Waals surface area contributed by atoms with Crippen LogP contribution in [-0.4, -0.2) is 22.5 Å². The number of nitrogens with one attached hydrogen (secondary N) is 1. The normalized spacial score (nSPS) is 12.2. The third kappa shape index (κ3) is 3.97. The third-order valence-electron chi connectivity index (χ3n) is 3.83. The lowest BCUT2D eigenvalue weighted by Crippen LogP contribution is -2.29. The van der Waals surface area contributed by atoms with E-state index in [9.17, 15) is 9.90 Å². The van der Waals surface area contributed by atoms with Crippen LogP contribution in [0.2, 0.25) is 0 Å². The quantitative estimate of drug-likeness (QED) is 0.729. The molecule has 0 saturated carbocycles. The molecule has 2 N–H and O–H groups in total. The van der Waals surface area contributed by atoms with Gasteiger partial charge in [0.15, 0.2) is 10.8 Å². The highest BCUT2D eigenvalue weighted by Crippen LogP contribution is 2.28. The van der Waals surface area contributed by atoms with E-state index in [0.717, 1.165) is 21.6 Å². The van der Waals surface area contributed by atoms with Crippen molar-refractivity contribution in [1.82, 2.24) is 10.3 Å². The summed E-state index contributed by atoms with van der Waals surface area (Å²) in [6, 6.07) is 9.49. The Morgan fingerprint density at radius 2 is 2.00 bits per heavy atom. The molecule has 0 saturated heterocycles. The SMILES string of the molecule is Cc1cc(C)cc([C@H](O)CNC(=O)c2nc(-c3ccco3)sc2C)c1. The molecule has 2 aromatic heterocycles. The average Bonchev–Trinajstić information content (AvgIpc) is 3.20. The average molecular weight is 356 g/mol. The molecule has 1 aromatic carbocycles. The van der Waals surface area contributed by atoms with Gasteiger partial charge in [0.05, 0.1) is 12.4 Å². The largest absolute Gasteiger partial charge is 0.462 e. The first-order chi connectivity index (χ1) is 11.9. The van der Waals surface area contributed by atoms with Crippen molar-refractivity contribution in [1.29, 1.82) is 0 Å². The van der Waals surface area contributed by atoms with E-state index in [1.165, 1.54) is 11.3 Å². The van der Waals surface area contributed by atoms with E-state index in [0.29, 0.717) is 16.5 Å². The minimum Gasteiger partial charge on any atom is -0.462 e. The van der Waals surface area contributed by atoms with Gasteiger partial charge in [-0.1, -0.05) is 29.3 Å². The first-order valence-electron chi connectivity index (χ1n) is 8.00. The summed E-state index contributed by atoms with van der Waals surface area (Å²) in [5, 5.41) is 13.8. The second-order valence-electron chi connectivity index (χ2n) is 6.05. The van der Waals surface area contributed by atoms with Crippen molar-refractivity contribution in [3.8, 4) is 10.8 Å². The van der Waals surface area contributed by atoms with Crippen LogP contribution in [0.4, 0.5) is 0 Å². The van der Waals surface area contributed by atoms with Crippen molar-refractivity contribution in [3.63, 3.8) is 0 Å². The molecule has 0 aliphatic heterocycles. The highest BCUT2D eigenvalue weighted by Gasteiger charge is 2.18. The van der Waals surface area contributed by atoms with Crippen molar-refractivity contribution < 1.29 is 14.3 Å². The van der Waals surface area contributed by atoms with Gasteiger partial charge in [-0.05, 0) is 38.5 Å². The van der Waals surface area contributed by atoms with Gasteiger partial charge in [-0.3, -0.25) is 4.79 Å². The molecular formula is C19H20N2O3S. The Morgan fingerprint density at radius 1 is 1.28 bits per heavy atom. The van der Waals surface area contributed by atoms with Crippen molar-refractivity contribution in [2.75, 3.05) is 6.54 Å². The molecule has 0 bridgehead atoms. The van der Waals surface area contributed by atoms with E-state index in [1.54, 1.807) is 12.3 Å². The van der Waals surface area contributed by atoms with Crippen LogP contribution < -0.4 is 5.32 Å². The first-order valence-corrected chi connectivity index (χ1v) is 8.81. The fourth-order valence-electron chi connectivity index (χ4n) is 2.71. The maximum Gasteiger partial charge on any atom is 0.271 e. The van der Waals surface area contributed by atoms with Gasteiger partial charge >= 0.3 is 0 Å². The summed E-state index contributed by atoms with van der Waals surface area (Å²) in [5.74, 6) is 0.345. The third-order valence-corrected chi connectivity index (χ3v) is 4.81. The molecule has 130 valence electrons. The molecule has 25 heavy (non-hydrogen) atoms. The molecular weight excluding hydrogens is 336 g/mol. The second kappa shape index (κ2) is 7.21. The summed E-state index contributed by atoms with van der Waals surface area (Å²) in [7, 11) is 0. The maximum atomic E-state index is 12.4. The number of thiazole rings is 1. The van der Waals surface area contributed by atoms with Crippen molar-refractivity contribution >= 4 is 17.2 Å². The van der Waals surface area contributed by atoms with Gasteiger partial charge in [-0.25, -0.2) is 4.98 Å². The lowest BCUT2D eigenvalue weighted by molar-refractivity contribution is 0.0911. The van der Waals surface area contributed by atoms with Crippen molar-refractivity contribution in [2.24, 2.45) is 0 Å². The number of hydrogen-bond donors (Lipinski definition) is 2. The van der Waals surface area contributed by atoms with E-state index in [2.05, 4.69) is 10.3 Å². The lowest BCUT2D eigenvalue weighted by Gasteiger charge is -2.13. The Kier molecular flexibility index (Phi) is 5.01. The number of carbonyl (C=O) groups is 1. The van der Waals surface area contributed by atoms with Crippen LogP contribution in [-0.2, 0) is 0 Å². The summed E-state index contributed by atoms with van der Waals surface area (Å²) in [5.41, 5.74) is 3.32. The van der Waals surface area contributed by atoms with Crippen LogP contribution >= 0.6 is 11.3 Å². The van der Waals surface area contributed by atoms with E-state index in [1.807, 2.05) is 45.0 Å². The van der Waals surface area contributed by atoms with Crippen molar-refractivity contribution in [2.45, 2.75) is 26.9 Å². The molecule has 0 aliphatic carbocycles. The zero-order chi connectivity index (χ0) is 18.0. The molecule has 1 amide bonds. The predicted molar refractivity (Wildman–Crippen MR) is 97.8 cm³/mol. The summed E-state index contributed by atoms with van der Waals surface area (Å²) in [6.07, 6.45) is 0.817. The number of furan rings is 1. The molecule has 6 heteroatoms. The molecule has 0 radical (unpaired) electrons. The van der Waals surface area contributed by atoms with E-state index < -0.39 is 6.10 Å². The number of aliphatic hydroxyl groups is 1. The molecule has 1 atom stereocenters. The van der Waals surface area contributed by atoms with E-state index in [4.69, 9.17) is 4.42 Å². The van der Waals surface area contributed by atoms with Gasteiger partial charge in [-0.2, -0.15) is 0 Å². The van der Waals surface area contributed by atoms with Gasteiger partial charge in [-0.15, -0.1) is 11.3 Å². The highest BCUT2D eigenvalue weighted by atomic mass is 32.1. The molecule has 3 rings (SSSR count). The van der Waals surface area contributed by atoms with Gasteiger partial charge in [0, 0.05) is 11.4 Å². The van der Waals surface area contributed by atoms with E-state index in [-0.39, 0.29) is 12.5 Å². The molecule has 5 nitrogen and oxygen atoms in total. The van der Waals surface area contributed by atoms with Crippen LogP contribution in [0.1, 0.15) is 38.2 Å².